The molecule has 0 spiro atoms. The van der Waals surface area contributed by atoms with Crippen LogP contribution >= 0.6 is 0 Å². The van der Waals surface area contributed by atoms with E-state index in [1.54, 1.807) is 5.56 Å². The molecule has 0 radical (unpaired) electrons. The number of hydrogen-bond acceptors (Lipinski definition) is 1. The molecule has 0 unspecified atom stereocenters. The van der Waals surface area contributed by atoms with Crippen molar-refractivity contribution in [2.75, 3.05) is 0 Å². The SMILES string of the molecule is NCc1ccc2c(c1)CCCC2. The molecule has 0 atom stereocenters. The maximum atomic E-state index is 5.58. The van der Waals surface area contributed by atoms with Gasteiger partial charge in [0.2, 0.25) is 0 Å². The van der Waals surface area contributed by atoms with Gasteiger partial charge in [-0.25, -0.2) is 0 Å². The molecule has 0 heterocycles. The van der Waals surface area contributed by atoms with Crippen molar-refractivity contribution in [2.45, 2.75) is 32.2 Å². The zero-order chi connectivity index (χ0) is 8.39. The summed E-state index contributed by atoms with van der Waals surface area (Å²) in [6.07, 6.45) is 5.22. The fraction of sp³-hybridized carbons (Fsp3) is 0.455. The third-order valence-electron chi connectivity index (χ3n) is 2.65. The quantitative estimate of drug-likeness (QED) is 0.670. The molecule has 64 valence electrons. The summed E-state index contributed by atoms with van der Waals surface area (Å²) in [7, 11) is 0. The molecule has 1 aliphatic carbocycles. The van der Waals surface area contributed by atoms with Gasteiger partial charge in [-0.2, -0.15) is 0 Å². The van der Waals surface area contributed by atoms with Crippen LogP contribution in [0.1, 0.15) is 29.5 Å². The zero-order valence-electron chi connectivity index (χ0n) is 7.34. The predicted octanol–water partition coefficient (Wildman–Crippen LogP) is 2.02. The molecule has 2 rings (SSSR count). The molecule has 1 aliphatic rings. The van der Waals surface area contributed by atoms with Gasteiger partial charge in [-0.05, 0) is 42.4 Å². The highest BCUT2D eigenvalue weighted by atomic mass is 14.5. The van der Waals surface area contributed by atoms with Gasteiger partial charge in [-0.1, -0.05) is 18.2 Å². The summed E-state index contributed by atoms with van der Waals surface area (Å²) >= 11 is 0. The van der Waals surface area contributed by atoms with Gasteiger partial charge in [0.05, 0.1) is 0 Å². The van der Waals surface area contributed by atoms with E-state index < -0.39 is 0 Å². The number of rotatable bonds is 1. The van der Waals surface area contributed by atoms with E-state index in [4.69, 9.17) is 5.73 Å². The van der Waals surface area contributed by atoms with Crippen LogP contribution < -0.4 is 5.73 Å². The molecule has 2 N–H and O–H groups in total. The predicted molar refractivity (Wildman–Crippen MR) is 51.0 cm³/mol. The van der Waals surface area contributed by atoms with E-state index >= 15 is 0 Å². The van der Waals surface area contributed by atoms with Crippen molar-refractivity contribution in [1.82, 2.24) is 0 Å². The van der Waals surface area contributed by atoms with E-state index in [2.05, 4.69) is 18.2 Å². The molecule has 1 nitrogen and oxygen atoms in total. The largest absolute Gasteiger partial charge is 0.326 e. The topological polar surface area (TPSA) is 26.0 Å². The highest BCUT2D eigenvalue weighted by Crippen LogP contribution is 2.21. The van der Waals surface area contributed by atoms with Gasteiger partial charge in [0.15, 0.2) is 0 Å². The zero-order valence-corrected chi connectivity index (χ0v) is 7.34. The first-order valence-corrected chi connectivity index (χ1v) is 4.71. The Hall–Kier alpha value is -0.820. The summed E-state index contributed by atoms with van der Waals surface area (Å²) in [6.45, 7) is 0.674. The summed E-state index contributed by atoms with van der Waals surface area (Å²) < 4.78 is 0. The van der Waals surface area contributed by atoms with Gasteiger partial charge in [0.1, 0.15) is 0 Å². The maximum absolute atomic E-state index is 5.58. The molecule has 1 heteroatoms. The molecule has 0 aromatic heterocycles. The summed E-state index contributed by atoms with van der Waals surface area (Å²) in [5.74, 6) is 0. The first kappa shape index (κ1) is 7.81. The van der Waals surface area contributed by atoms with Crippen LogP contribution in [0.5, 0.6) is 0 Å². The van der Waals surface area contributed by atoms with Crippen molar-refractivity contribution >= 4 is 0 Å². The average molecular weight is 161 g/mol. The van der Waals surface area contributed by atoms with Crippen molar-refractivity contribution in [3.05, 3.63) is 34.9 Å². The first-order chi connectivity index (χ1) is 5.90. The van der Waals surface area contributed by atoms with E-state index in [0.29, 0.717) is 6.54 Å². The van der Waals surface area contributed by atoms with E-state index in [0.717, 1.165) is 0 Å². The van der Waals surface area contributed by atoms with Gasteiger partial charge in [-0.15, -0.1) is 0 Å². The molecular formula is C11H15N. The molecule has 0 saturated heterocycles. The first-order valence-electron chi connectivity index (χ1n) is 4.71. The fourth-order valence-electron chi connectivity index (χ4n) is 1.91. The number of fused-ring (bicyclic) bond motifs is 1. The van der Waals surface area contributed by atoms with Gasteiger partial charge in [0.25, 0.3) is 0 Å². The fourth-order valence-corrected chi connectivity index (χ4v) is 1.91. The lowest BCUT2D eigenvalue weighted by atomic mass is 9.90. The van der Waals surface area contributed by atoms with E-state index in [1.807, 2.05) is 0 Å². The number of benzene rings is 1. The Morgan fingerprint density at radius 3 is 2.58 bits per heavy atom. The van der Waals surface area contributed by atoms with E-state index in [1.165, 1.54) is 36.8 Å². The van der Waals surface area contributed by atoms with Crippen LogP contribution in [0.4, 0.5) is 0 Å². The molecule has 0 saturated carbocycles. The van der Waals surface area contributed by atoms with Crippen LogP contribution in [-0.4, -0.2) is 0 Å². The van der Waals surface area contributed by atoms with Crippen LogP contribution in [0.3, 0.4) is 0 Å². The van der Waals surface area contributed by atoms with Crippen molar-refractivity contribution in [3.63, 3.8) is 0 Å². The highest BCUT2D eigenvalue weighted by Gasteiger charge is 2.08. The Bertz CT molecular complexity index is 278. The number of nitrogens with two attached hydrogens (primary N) is 1. The second-order valence-corrected chi connectivity index (χ2v) is 3.51. The average Bonchev–Trinajstić information content (AvgIpc) is 2.17. The number of aryl methyl sites for hydroxylation is 2. The second-order valence-electron chi connectivity index (χ2n) is 3.51. The normalized spacial score (nSPS) is 15.8. The molecule has 0 aliphatic heterocycles. The molecule has 0 fully saturated rings. The second kappa shape index (κ2) is 3.28. The van der Waals surface area contributed by atoms with Gasteiger partial charge < -0.3 is 5.73 Å². The van der Waals surface area contributed by atoms with Crippen molar-refractivity contribution in [1.29, 1.82) is 0 Å². The minimum atomic E-state index is 0.674. The van der Waals surface area contributed by atoms with Crippen molar-refractivity contribution < 1.29 is 0 Å². The summed E-state index contributed by atoms with van der Waals surface area (Å²) in [4.78, 5) is 0. The molecule has 1 aromatic rings. The Balaban J connectivity index is 2.36. The Morgan fingerprint density at radius 2 is 1.83 bits per heavy atom. The third kappa shape index (κ3) is 1.37. The van der Waals surface area contributed by atoms with E-state index in [-0.39, 0.29) is 0 Å². The summed E-state index contributed by atoms with van der Waals surface area (Å²) in [5.41, 5.74) is 9.93. The van der Waals surface area contributed by atoms with Gasteiger partial charge >= 0.3 is 0 Å². The lowest BCUT2D eigenvalue weighted by Crippen LogP contribution is -2.04. The number of hydrogen-bond donors (Lipinski definition) is 1. The Kier molecular flexibility index (Phi) is 2.13. The minimum absolute atomic E-state index is 0.674. The van der Waals surface area contributed by atoms with Crippen molar-refractivity contribution in [3.8, 4) is 0 Å². The lowest BCUT2D eigenvalue weighted by molar-refractivity contribution is 0.684. The van der Waals surface area contributed by atoms with Crippen LogP contribution in [-0.2, 0) is 19.4 Å². The standard InChI is InChI=1S/C11H15N/c12-8-9-5-6-10-3-1-2-4-11(10)7-9/h5-7H,1-4,8,12H2. The van der Waals surface area contributed by atoms with Crippen LogP contribution in [0.25, 0.3) is 0 Å². The summed E-state index contributed by atoms with van der Waals surface area (Å²) in [6, 6.07) is 6.68. The van der Waals surface area contributed by atoms with Crippen LogP contribution in [0, 0.1) is 0 Å². The molecule has 0 bridgehead atoms. The van der Waals surface area contributed by atoms with Crippen LogP contribution in [0.2, 0.25) is 0 Å². The maximum Gasteiger partial charge on any atom is 0.0178 e. The van der Waals surface area contributed by atoms with Gasteiger partial charge in [0, 0.05) is 6.54 Å². The Labute approximate surface area is 73.6 Å². The smallest absolute Gasteiger partial charge is 0.0178 e. The lowest BCUT2D eigenvalue weighted by Gasteiger charge is -2.15. The molecule has 12 heavy (non-hydrogen) atoms. The van der Waals surface area contributed by atoms with Crippen LogP contribution in [0.15, 0.2) is 18.2 Å². The molecular weight excluding hydrogens is 146 g/mol. The molecule has 0 amide bonds. The third-order valence-corrected chi connectivity index (χ3v) is 2.65. The Morgan fingerprint density at radius 1 is 1.08 bits per heavy atom. The minimum Gasteiger partial charge on any atom is -0.326 e. The highest BCUT2D eigenvalue weighted by molar-refractivity contribution is 5.33. The van der Waals surface area contributed by atoms with Gasteiger partial charge in [-0.3, -0.25) is 0 Å². The monoisotopic (exact) mass is 161 g/mol. The van der Waals surface area contributed by atoms with Crippen molar-refractivity contribution in [2.24, 2.45) is 5.73 Å². The summed E-state index contributed by atoms with van der Waals surface area (Å²) in [5, 5.41) is 0. The van der Waals surface area contributed by atoms with E-state index in [9.17, 15) is 0 Å². The molecule has 1 aromatic carbocycles.